The molecule has 0 aliphatic heterocycles. The molecule has 8 atom stereocenters. The molecule has 2 nitrogen and oxygen atoms in total. The quantitative estimate of drug-likeness (QED) is 0.600. The van der Waals surface area contributed by atoms with Gasteiger partial charge < -0.3 is 5.11 Å². The van der Waals surface area contributed by atoms with E-state index in [0.29, 0.717) is 29.6 Å². The zero-order valence-corrected chi connectivity index (χ0v) is 11.2. The van der Waals surface area contributed by atoms with Gasteiger partial charge in [0.05, 0.1) is 5.41 Å². The van der Waals surface area contributed by atoms with Crippen molar-refractivity contribution in [3.63, 3.8) is 0 Å². The highest BCUT2D eigenvalue weighted by Crippen LogP contribution is 2.72. The van der Waals surface area contributed by atoms with E-state index in [9.17, 15) is 9.90 Å². The smallest absolute Gasteiger partial charge is 0.309 e. The van der Waals surface area contributed by atoms with Crippen LogP contribution in [0.3, 0.4) is 0 Å². The zero-order valence-electron chi connectivity index (χ0n) is 11.2. The lowest BCUT2D eigenvalue weighted by molar-refractivity contribution is -0.158. The first kappa shape index (κ1) is 11.1. The van der Waals surface area contributed by atoms with Gasteiger partial charge in [0, 0.05) is 0 Å². The SMILES string of the molecule is CCC1C2CC(C3C4C=CC(C4)C23)C1(C)C(=O)O. The van der Waals surface area contributed by atoms with Gasteiger partial charge >= 0.3 is 5.97 Å². The van der Waals surface area contributed by atoms with Crippen LogP contribution in [0.4, 0.5) is 0 Å². The number of hydrogen-bond donors (Lipinski definition) is 1. The Hall–Kier alpha value is -0.790. The molecule has 3 fully saturated rings. The summed E-state index contributed by atoms with van der Waals surface area (Å²) in [6.07, 6.45) is 8.35. The van der Waals surface area contributed by atoms with Crippen molar-refractivity contribution in [1.82, 2.24) is 0 Å². The fourth-order valence-corrected chi connectivity index (χ4v) is 6.52. The van der Waals surface area contributed by atoms with Crippen LogP contribution in [0.5, 0.6) is 0 Å². The van der Waals surface area contributed by atoms with E-state index in [1.54, 1.807) is 0 Å². The van der Waals surface area contributed by atoms with Crippen molar-refractivity contribution in [2.24, 2.45) is 46.8 Å². The Morgan fingerprint density at radius 3 is 2.56 bits per heavy atom. The van der Waals surface area contributed by atoms with Gasteiger partial charge in [0.1, 0.15) is 0 Å². The van der Waals surface area contributed by atoms with Gasteiger partial charge in [-0.3, -0.25) is 4.79 Å². The molecule has 1 N–H and O–H groups in total. The van der Waals surface area contributed by atoms with Crippen molar-refractivity contribution in [3.8, 4) is 0 Å². The Balaban J connectivity index is 1.79. The van der Waals surface area contributed by atoms with Crippen molar-refractivity contribution >= 4 is 5.97 Å². The van der Waals surface area contributed by atoms with E-state index in [0.717, 1.165) is 18.3 Å². The molecule has 0 heterocycles. The third-order valence-corrected chi connectivity index (χ3v) is 7.03. The van der Waals surface area contributed by atoms with Crippen LogP contribution in [0.25, 0.3) is 0 Å². The number of allylic oxidation sites excluding steroid dienone is 2. The molecule has 4 aliphatic rings. The molecule has 0 amide bonds. The number of fused-ring (bicyclic) bond motifs is 9. The van der Waals surface area contributed by atoms with Crippen molar-refractivity contribution in [1.29, 1.82) is 0 Å². The average Bonchev–Trinajstić information content (AvgIpc) is 3.05. The van der Waals surface area contributed by atoms with Crippen LogP contribution in [0.15, 0.2) is 12.2 Å². The second kappa shape index (κ2) is 3.20. The molecular weight excluding hydrogens is 224 g/mol. The van der Waals surface area contributed by atoms with Crippen LogP contribution >= 0.6 is 0 Å². The number of rotatable bonds is 2. The lowest BCUT2D eigenvalue weighted by Gasteiger charge is -2.46. The van der Waals surface area contributed by atoms with Gasteiger partial charge in [0.25, 0.3) is 0 Å². The Morgan fingerprint density at radius 2 is 1.94 bits per heavy atom. The molecule has 0 aromatic rings. The van der Waals surface area contributed by atoms with Crippen molar-refractivity contribution in [2.75, 3.05) is 0 Å². The minimum Gasteiger partial charge on any atom is -0.481 e. The Kier molecular flexibility index (Phi) is 1.97. The maximum absolute atomic E-state index is 11.9. The minimum absolute atomic E-state index is 0.411. The van der Waals surface area contributed by atoms with E-state index in [2.05, 4.69) is 19.1 Å². The molecule has 2 heteroatoms. The number of carboxylic acid groups (broad SMARTS) is 1. The molecule has 8 unspecified atom stereocenters. The summed E-state index contributed by atoms with van der Waals surface area (Å²) in [7, 11) is 0. The van der Waals surface area contributed by atoms with Crippen molar-refractivity contribution in [3.05, 3.63) is 12.2 Å². The molecule has 4 aliphatic carbocycles. The number of aliphatic carboxylic acids is 1. The van der Waals surface area contributed by atoms with E-state index < -0.39 is 11.4 Å². The van der Waals surface area contributed by atoms with Crippen molar-refractivity contribution < 1.29 is 9.90 Å². The highest BCUT2D eigenvalue weighted by atomic mass is 16.4. The van der Waals surface area contributed by atoms with Gasteiger partial charge in [-0.05, 0) is 61.2 Å². The van der Waals surface area contributed by atoms with Crippen LogP contribution in [0.2, 0.25) is 0 Å². The van der Waals surface area contributed by atoms with E-state index in [1.807, 2.05) is 6.92 Å². The molecule has 0 radical (unpaired) electrons. The van der Waals surface area contributed by atoms with E-state index >= 15 is 0 Å². The number of hydrogen-bond acceptors (Lipinski definition) is 1. The largest absolute Gasteiger partial charge is 0.481 e. The summed E-state index contributed by atoms with van der Waals surface area (Å²) in [6, 6.07) is 0. The lowest BCUT2D eigenvalue weighted by atomic mass is 9.57. The Labute approximate surface area is 108 Å². The highest BCUT2D eigenvalue weighted by molar-refractivity contribution is 5.76. The molecular formula is C16H22O2. The normalized spacial score (nSPS) is 59.3. The van der Waals surface area contributed by atoms with E-state index in [4.69, 9.17) is 0 Å². The molecule has 4 bridgehead atoms. The van der Waals surface area contributed by atoms with Gasteiger partial charge in [-0.2, -0.15) is 0 Å². The summed E-state index contributed by atoms with van der Waals surface area (Å²) in [6.45, 7) is 4.23. The first-order valence-corrected chi connectivity index (χ1v) is 7.50. The Bertz CT molecular complexity index is 440. The number of carboxylic acids is 1. The first-order valence-electron chi connectivity index (χ1n) is 7.50. The minimum atomic E-state index is -0.535. The van der Waals surface area contributed by atoms with Gasteiger partial charge in [0.2, 0.25) is 0 Å². The first-order chi connectivity index (χ1) is 8.59. The number of carbonyl (C=O) groups is 1. The third kappa shape index (κ3) is 0.972. The summed E-state index contributed by atoms with van der Waals surface area (Å²) < 4.78 is 0. The van der Waals surface area contributed by atoms with Crippen LogP contribution in [-0.4, -0.2) is 11.1 Å². The summed E-state index contributed by atoms with van der Waals surface area (Å²) in [5.74, 6) is 3.99. The van der Waals surface area contributed by atoms with Gasteiger partial charge in [0.15, 0.2) is 0 Å². The Morgan fingerprint density at radius 1 is 1.28 bits per heavy atom. The fraction of sp³-hybridized carbons (Fsp3) is 0.812. The fourth-order valence-electron chi connectivity index (χ4n) is 6.52. The van der Waals surface area contributed by atoms with Crippen LogP contribution in [0, 0.1) is 46.8 Å². The van der Waals surface area contributed by atoms with Crippen LogP contribution in [0.1, 0.15) is 33.1 Å². The van der Waals surface area contributed by atoms with Gasteiger partial charge in [-0.1, -0.05) is 25.5 Å². The second-order valence-corrected chi connectivity index (χ2v) is 7.21. The van der Waals surface area contributed by atoms with Crippen LogP contribution < -0.4 is 0 Å². The van der Waals surface area contributed by atoms with E-state index in [1.165, 1.54) is 12.8 Å². The molecule has 0 saturated heterocycles. The summed E-state index contributed by atoms with van der Waals surface area (Å²) in [5, 5.41) is 9.77. The highest BCUT2D eigenvalue weighted by Gasteiger charge is 2.70. The standard InChI is InChI=1S/C16H22O2/c1-3-11-10-7-12(16(11,2)15(17)18)14-9-5-4-8(6-9)13(10)14/h4-5,8-14H,3,6-7H2,1-2H3,(H,17,18). The van der Waals surface area contributed by atoms with Crippen LogP contribution in [-0.2, 0) is 4.79 Å². The topological polar surface area (TPSA) is 37.3 Å². The van der Waals surface area contributed by atoms with Gasteiger partial charge in [-0.25, -0.2) is 0 Å². The van der Waals surface area contributed by atoms with E-state index in [-0.39, 0.29) is 0 Å². The predicted molar refractivity (Wildman–Crippen MR) is 68.8 cm³/mol. The van der Waals surface area contributed by atoms with Gasteiger partial charge in [-0.15, -0.1) is 0 Å². The maximum atomic E-state index is 11.9. The molecule has 0 aromatic heterocycles. The zero-order chi connectivity index (χ0) is 12.7. The van der Waals surface area contributed by atoms with Crippen molar-refractivity contribution in [2.45, 2.75) is 33.1 Å². The molecule has 4 rings (SSSR count). The maximum Gasteiger partial charge on any atom is 0.309 e. The molecule has 98 valence electrons. The molecule has 3 saturated carbocycles. The second-order valence-electron chi connectivity index (χ2n) is 7.21. The lowest BCUT2D eigenvalue weighted by Crippen LogP contribution is -2.48. The molecule has 18 heavy (non-hydrogen) atoms. The average molecular weight is 246 g/mol. The summed E-state index contributed by atoms with van der Waals surface area (Å²) in [5.41, 5.74) is -0.446. The molecule has 0 spiro atoms. The third-order valence-electron chi connectivity index (χ3n) is 7.03. The monoisotopic (exact) mass is 246 g/mol. The molecule has 0 aromatic carbocycles. The summed E-state index contributed by atoms with van der Waals surface area (Å²) in [4.78, 5) is 11.9. The predicted octanol–water partition coefficient (Wildman–Crippen LogP) is 3.19. The summed E-state index contributed by atoms with van der Waals surface area (Å²) >= 11 is 0.